The van der Waals surface area contributed by atoms with Crippen LogP contribution in [0.4, 0.5) is 5.69 Å². The fraction of sp³-hybridized carbons (Fsp3) is 0.417. The summed E-state index contributed by atoms with van der Waals surface area (Å²) in [7, 11) is 1.63. The van der Waals surface area contributed by atoms with E-state index in [-0.39, 0.29) is 12.5 Å². The molecule has 0 heterocycles. The minimum absolute atomic E-state index is 0.0428. The van der Waals surface area contributed by atoms with E-state index in [2.05, 4.69) is 21.2 Å². The number of halogens is 1. The molecule has 1 amide bonds. The van der Waals surface area contributed by atoms with Gasteiger partial charge < -0.3 is 20.5 Å². The van der Waals surface area contributed by atoms with Gasteiger partial charge in [-0.15, -0.1) is 0 Å². The van der Waals surface area contributed by atoms with Crippen LogP contribution in [0.25, 0.3) is 0 Å². The molecule has 1 aromatic rings. The van der Waals surface area contributed by atoms with Gasteiger partial charge in [0, 0.05) is 24.7 Å². The molecule has 1 aromatic carbocycles. The number of rotatable bonds is 7. The zero-order valence-corrected chi connectivity index (χ0v) is 11.8. The average Bonchev–Trinajstić information content (AvgIpc) is 2.33. The van der Waals surface area contributed by atoms with Crippen LogP contribution in [0.3, 0.4) is 0 Å². The van der Waals surface area contributed by atoms with Crippen molar-refractivity contribution in [1.29, 1.82) is 0 Å². The molecule has 0 aromatic heterocycles. The first kappa shape index (κ1) is 14.8. The monoisotopic (exact) mass is 316 g/mol. The van der Waals surface area contributed by atoms with Crippen LogP contribution in [0.2, 0.25) is 0 Å². The molecule has 0 saturated carbocycles. The average molecular weight is 317 g/mol. The van der Waals surface area contributed by atoms with Crippen LogP contribution in [0.15, 0.2) is 22.7 Å². The summed E-state index contributed by atoms with van der Waals surface area (Å²) in [5.41, 5.74) is 6.24. The predicted molar refractivity (Wildman–Crippen MR) is 73.6 cm³/mol. The first-order valence-electron chi connectivity index (χ1n) is 5.57. The number of nitrogens with one attached hydrogen (secondary N) is 1. The molecule has 0 spiro atoms. The first-order valence-corrected chi connectivity index (χ1v) is 6.36. The number of carbonyl (C=O) groups is 1. The standard InChI is InChI=1S/C12H17BrN2O3/c1-17-6-2-5-15-12(16)8-18-11-4-3-9(13)7-10(11)14/h3-4,7H,2,5-6,8,14H2,1H3,(H,15,16). The number of hydrogen-bond acceptors (Lipinski definition) is 4. The van der Waals surface area contributed by atoms with Crippen LogP contribution < -0.4 is 15.8 Å². The smallest absolute Gasteiger partial charge is 0.257 e. The van der Waals surface area contributed by atoms with E-state index in [1.54, 1.807) is 19.2 Å². The maximum atomic E-state index is 11.4. The van der Waals surface area contributed by atoms with Gasteiger partial charge in [0.25, 0.3) is 5.91 Å². The Bertz CT molecular complexity index is 399. The number of nitrogens with two attached hydrogens (primary N) is 1. The third kappa shape index (κ3) is 5.37. The van der Waals surface area contributed by atoms with Crippen LogP contribution in [0.5, 0.6) is 5.75 Å². The van der Waals surface area contributed by atoms with Crippen molar-refractivity contribution < 1.29 is 14.3 Å². The number of amides is 1. The Morgan fingerprint density at radius 3 is 2.94 bits per heavy atom. The van der Waals surface area contributed by atoms with Gasteiger partial charge in [-0.05, 0) is 24.6 Å². The van der Waals surface area contributed by atoms with Gasteiger partial charge in [0.1, 0.15) is 5.75 Å². The van der Waals surface area contributed by atoms with Crippen LogP contribution in [0, 0.1) is 0 Å². The molecule has 5 nitrogen and oxygen atoms in total. The third-order valence-electron chi connectivity index (χ3n) is 2.18. The summed E-state index contributed by atoms with van der Waals surface area (Å²) in [6, 6.07) is 5.26. The Kier molecular flexibility index (Phi) is 6.53. The molecule has 0 saturated heterocycles. The predicted octanol–water partition coefficient (Wildman–Crippen LogP) is 1.56. The second kappa shape index (κ2) is 7.94. The van der Waals surface area contributed by atoms with Crippen molar-refractivity contribution in [2.75, 3.05) is 32.6 Å². The number of anilines is 1. The number of benzene rings is 1. The van der Waals surface area contributed by atoms with Crippen molar-refractivity contribution in [3.05, 3.63) is 22.7 Å². The SMILES string of the molecule is COCCCNC(=O)COc1ccc(Br)cc1N. The summed E-state index contributed by atoms with van der Waals surface area (Å²) >= 11 is 3.30. The Balaban J connectivity index is 2.29. The van der Waals surface area contributed by atoms with Gasteiger partial charge in [0.15, 0.2) is 6.61 Å². The van der Waals surface area contributed by atoms with Gasteiger partial charge >= 0.3 is 0 Å². The van der Waals surface area contributed by atoms with Crippen LogP contribution >= 0.6 is 15.9 Å². The Morgan fingerprint density at radius 2 is 2.28 bits per heavy atom. The molecule has 0 bridgehead atoms. The van der Waals surface area contributed by atoms with Crippen molar-refractivity contribution in [2.45, 2.75) is 6.42 Å². The van der Waals surface area contributed by atoms with E-state index in [0.29, 0.717) is 24.6 Å². The Hall–Kier alpha value is -1.27. The van der Waals surface area contributed by atoms with Gasteiger partial charge in [0.05, 0.1) is 5.69 Å². The van der Waals surface area contributed by atoms with Crippen molar-refractivity contribution >= 4 is 27.5 Å². The molecule has 0 fully saturated rings. The van der Waals surface area contributed by atoms with Gasteiger partial charge in [-0.3, -0.25) is 4.79 Å². The highest BCUT2D eigenvalue weighted by atomic mass is 79.9. The number of carbonyl (C=O) groups excluding carboxylic acids is 1. The van der Waals surface area contributed by atoms with Gasteiger partial charge in [-0.1, -0.05) is 15.9 Å². The minimum atomic E-state index is -0.173. The molecule has 18 heavy (non-hydrogen) atoms. The van der Waals surface area contributed by atoms with Crippen molar-refractivity contribution in [3.8, 4) is 5.75 Å². The fourth-order valence-electron chi connectivity index (χ4n) is 1.29. The van der Waals surface area contributed by atoms with E-state index in [0.717, 1.165) is 10.9 Å². The fourth-order valence-corrected chi connectivity index (χ4v) is 1.67. The Morgan fingerprint density at radius 1 is 1.50 bits per heavy atom. The van der Waals surface area contributed by atoms with Crippen LogP contribution in [0.1, 0.15) is 6.42 Å². The van der Waals surface area contributed by atoms with E-state index >= 15 is 0 Å². The molecule has 0 aliphatic carbocycles. The highest BCUT2D eigenvalue weighted by Gasteiger charge is 2.05. The lowest BCUT2D eigenvalue weighted by molar-refractivity contribution is -0.123. The lowest BCUT2D eigenvalue weighted by Gasteiger charge is -2.09. The zero-order valence-electron chi connectivity index (χ0n) is 10.2. The summed E-state index contributed by atoms with van der Waals surface area (Å²) < 4.78 is 11.1. The van der Waals surface area contributed by atoms with Gasteiger partial charge in [-0.2, -0.15) is 0 Å². The lowest BCUT2D eigenvalue weighted by Crippen LogP contribution is -2.30. The van der Waals surface area contributed by atoms with Gasteiger partial charge in [-0.25, -0.2) is 0 Å². The summed E-state index contributed by atoms with van der Waals surface area (Å²) in [6.07, 6.45) is 0.780. The maximum Gasteiger partial charge on any atom is 0.257 e. The topological polar surface area (TPSA) is 73.6 Å². The summed E-state index contributed by atoms with van der Waals surface area (Å²) in [4.78, 5) is 11.4. The van der Waals surface area contributed by atoms with E-state index in [9.17, 15) is 4.79 Å². The van der Waals surface area contributed by atoms with E-state index in [4.69, 9.17) is 15.2 Å². The molecule has 0 aliphatic heterocycles. The third-order valence-corrected chi connectivity index (χ3v) is 2.67. The molecule has 3 N–H and O–H groups in total. The number of hydrogen-bond donors (Lipinski definition) is 2. The lowest BCUT2D eigenvalue weighted by atomic mass is 10.3. The second-order valence-electron chi connectivity index (χ2n) is 3.67. The van der Waals surface area contributed by atoms with E-state index < -0.39 is 0 Å². The highest BCUT2D eigenvalue weighted by Crippen LogP contribution is 2.24. The molecule has 1 rings (SSSR count). The number of ether oxygens (including phenoxy) is 2. The molecular weight excluding hydrogens is 300 g/mol. The van der Waals surface area contributed by atoms with E-state index in [1.807, 2.05) is 6.07 Å². The van der Waals surface area contributed by atoms with Gasteiger partial charge in [0.2, 0.25) is 0 Å². The molecule has 0 radical (unpaired) electrons. The minimum Gasteiger partial charge on any atom is -0.482 e. The summed E-state index contributed by atoms with van der Waals surface area (Å²) in [6.45, 7) is 1.16. The zero-order chi connectivity index (χ0) is 13.4. The van der Waals surface area contributed by atoms with Crippen molar-refractivity contribution in [2.24, 2.45) is 0 Å². The molecule has 0 unspecified atom stereocenters. The number of methoxy groups -OCH3 is 1. The first-order chi connectivity index (χ1) is 8.63. The molecule has 0 aliphatic rings. The van der Waals surface area contributed by atoms with Crippen molar-refractivity contribution in [1.82, 2.24) is 5.32 Å². The molecular formula is C12H17BrN2O3. The van der Waals surface area contributed by atoms with Crippen molar-refractivity contribution in [3.63, 3.8) is 0 Å². The molecule has 6 heteroatoms. The second-order valence-corrected chi connectivity index (χ2v) is 4.58. The normalized spacial score (nSPS) is 10.1. The number of nitrogen functional groups attached to an aromatic ring is 1. The van der Waals surface area contributed by atoms with Crippen LogP contribution in [-0.2, 0) is 9.53 Å². The highest BCUT2D eigenvalue weighted by molar-refractivity contribution is 9.10. The maximum absolute atomic E-state index is 11.4. The molecule has 0 atom stereocenters. The quantitative estimate of drug-likeness (QED) is 0.591. The Labute approximate surface area is 115 Å². The molecule has 100 valence electrons. The van der Waals surface area contributed by atoms with Crippen LogP contribution in [-0.4, -0.2) is 32.8 Å². The summed E-state index contributed by atoms with van der Waals surface area (Å²) in [5, 5.41) is 2.72. The largest absolute Gasteiger partial charge is 0.482 e. The summed E-state index contributed by atoms with van der Waals surface area (Å²) in [5.74, 6) is 0.332. The van der Waals surface area contributed by atoms with E-state index in [1.165, 1.54) is 0 Å².